The van der Waals surface area contributed by atoms with E-state index in [1.807, 2.05) is 19.2 Å². The predicted octanol–water partition coefficient (Wildman–Crippen LogP) is 1.29. The molecule has 0 aliphatic rings. The molecule has 0 aliphatic carbocycles. The van der Waals surface area contributed by atoms with Gasteiger partial charge in [0.05, 0.1) is 12.2 Å². The summed E-state index contributed by atoms with van der Waals surface area (Å²) in [5.41, 5.74) is 0.851. The van der Waals surface area contributed by atoms with Gasteiger partial charge in [0.2, 0.25) is 11.8 Å². The number of methoxy groups -OCH3 is 1. The van der Waals surface area contributed by atoms with Gasteiger partial charge < -0.3 is 19.7 Å². The van der Waals surface area contributed by atoms with E-state index in [2.05, 4.69) is 10.3 Å². The average molecular weight is 329 g/mol. The van der Waals surface area contributed by atoms with Crippen molar-refractivity contribution in [3.63, 3.8) is 0 Å². The molecule has 0 unspecified atom stereocenters. The van der Waals surface area contributed by atoms with Gasteiger partial charge in [-0.15, -0.1) is 11.3 Å². The molecule has 0 saturated carbocycles. The summed E-state index contributed by atoms with van der Waals surface area (Å²) in [4.78, 5) is 29.6. The summed E-state index contributed by atoms with van der Waals surface area (Å²) < 4.78 is 10.1. The predicted molar refractivity (Wildman–Crippen MR) is 85.0 cm³/mol. The monoisotopic (exact) mass is 329 g/mol. The van der Waals surface area contributed by atoms with Crippen LogP contribution in [-0.4, -0.2) is 61.7 Å². The van der Waals surface area contributed by atoms with Gasteiger partial charge in [0.1, 0.15) is 6.61 Å². The molecule has 2 amide bonds. The van der Waals surface area contributed by atoms with E-state index in [1.54, 1.807) is 0 Å². The van der Waals surface area contributed by atoms with Crippen molar-refractivity contribution in [1.29, 1.82) is 0 Å². The Labute approximate surface area is 134 Å². The minimum atomic E-state index is -0.268. The third-order valence-corrected chi connectivity index (χ3v) is 3.62. The molecule has 0 saturated heterocycles. The molecule has 1 rings (SSSR count). The fourth-order valence-corrected chi connectivity index (χ4v) is 2.46. The van der Waals surface area contributed by atoms with Crippen molar-refractivity contribution in [3.8, 4) is 0 Å². The summed E-state index contributed by atoms with van der Waals surface area (Å²) in [7, 11) is 1.45. The number of ether oxygens (including phenoxy) is 2. The van der Waals surface area contributed by atoms with Crippen LogP contribution in [0.2, 0.25) is 0 Å². The van der Waals surface area contributed by atoms with Crippen LogP contribution in [0.15, 0.2) is 5.38 Å². The zero-order chi connectivity index (χ0) is 16.4. The lowest BCUT2D eigenvalue weighted by Crippen LogP contribution is -2.40. The number of aryl methyl sites for hydroxylation is 1. The number of rotatable bonds is 10. The highest BCUT2D eigenvalue weighted by Gasteiger charge is 2.17. The number of thiazole rings is 1. The Morgan fingerprint density at radius 2 is 2.23 bits per heavy atom. The molecule has 1 heterocycles. The second kappa shape index (κ2) is 10.3. The molecule has 1 aromatic rings. The largest absolute Gasteiger partial charge is 0.382 e. The molecule has 1 N–H and O–H groups in total. The van der Waals surface area contributed by atoms with Crippen LogP contribution in [-0.2, 0) is 19.1 Å². The van der Waals surface area contributed by atoms with Crippen LogP contribution in [0.25, 0.3) is 0 Å². The number of hydrogen-bond acceptors (Lipinski definition) is 6. The van der Waals surface area contributed by atoms with Gasteiger partial charge in [-0.1, -0.05) is 0 Å². The van der Waals surface area contributed by atoms with Gasteiger partial charge in [0.15, 0.2) is 5.13 Å². The van der Waals surface area contributed by atoms with E-state index in [9.17, 15) is 9.59 Å². The summed E-state index contributed by atoms with van der Waals surface area (Å²) in [5.74, 6) is -0.486. The first-order chi connectivity index (χ1) is 10.6. The van der Waals surface area contributed by atoms with Gasteiger partial charge in [-0.25, -0.2) is 4.98 Å². The average Bonchev–Trinajstić information content (AvgIpc) is 2.87. The van der Waals surface area contributed by atoms with Gasteiger partial charge in [-0.2, -0.15) is 0 Å². The maximum atomic E-state index is 12.0. The van der Waals surface area contributed by atoms with Gasteiger partial charge in [0.25, 0.3) is 0 Å². The first kappa shape index (κ1) is 18.5. The molecule has 0 aromatic carbocycles. The summed E-state index contributed by atoms with van der Waals surface area (Å²) in [6.45, 7) is 5.35. The molecule has 0 aliphatic heterocycles. The number of anilines is 1. The second-order valence-electron chi connectivity index (χ2n) is 4.64. The minimum absolute atomic E-state index is 0.0209. The number of carbonyl (C=O) groups excluding carboxylic acids is 2. The maximum Gasteiger partial charge on any atom is 0.249 e. The summed E-state index contributed by atoms with van der Waals surface area (Å²) in [6, 6.07) is 0. The number of hydrogen-bond donors (Lipinski definition) is 1. The quantitative estimate of drug-likeness (QED) is 0.654. The highest BCUT2D eigenvalue weighted by Crippen LogP contribution is 2.14. The molecule has 8 heteroatoms. The van der Waals surface area contributed by atoms with Crippen molar-refractivity contribution in [2.24, 2.45) is 0 Å². The molecule has 7 nitrogen and oxygen atoms in total. The summed E-state index contributed by atoms with van der Waals surface area (Å²) >= 11 is 1.36. The maximum absolute atomic E-state index is 12.0. The van der Waals surface area contributed by atoms with E-state index < -0.39 is 0 Å². The molecule has 0 atom stereocenters. The standard InChI is InChI=1S/C14H23N3O4S/c1-4-21-7-5-6-17(13(19)9-20-3)8-12(18)16-14-15-11(2)10-22-14/h10H,4-9H2,1-3H3,(H,15,16,18). The molecule has 22 heavy (non-hydrogen) atoms. The number of nitrogens with zero attached hydrogens (tertiary/aromatic N) is 2. The van der Waals surface area contributed by atoms with Crippen LogP contribution in [0.1, 0.15) is 19.0 Å². The molecular formula is C14H23N3O4S. The van der Waals surface area contributed by atoms with Gasteiger partial charge in [0, 0.05) is 32.2 Å². The van der Waals surface area contributed by atoms with Crippen LogP contribution in [0.4, 0.5) is 5.13 Å². The zero-order valence-electron chi connectivity index (χ0n) is 13.3. The van der Waals surface area contributed by atoms with E-state index in [0.717, 1.165) is 5.69 Å². The molecule has 0 spiro atoms. The van der Waals surface area contributed by atoms with E-state index in [0.29, 0.717) is 31.3 Å². The summed E-state index contributed by atoms with van der Waals surface area (Å²) in [6.07, 6.45) is 0.674. The van der Waals surface area contributed by atoms with Crippen LogP contribution in [0.5, 0.6) is 0 Å². The molecule has 0 radical (unpaired) electrons. The Bertz CT molecular complexity index is 478. The lowest BCUT2D eigenvalue weighted by atomic mass is 10.3. The van der Waals surface area contributed by atoms with Crippen LogP contribution in [0, 0.1) is 6.92 Å². The fourth-order valence-electron chi connectivity index (χ4n) is 1.75. The normalized spacial score (nSPS) is 10.5. The van der Waals surface area contributed by atoms with E-state index in [4.69, 9.17) is 9.47 Å². The molecule has 0 bridgehead atoms. The number of amides is 2. The first-order valence-electron chi connectivity index (χ1n) is 7.13. The Morgan fingerprint density at radius 1 is 1.45 bits per heavy atom. The Morgan fingerprint density at radius 3 is 2.82 bits per heavy atom. The van der Waals surface area contributed by atoms with Gasteiger partial charge >= 0.3 is 0 Å². The lowest BCUT2D eigenvalue weighted by molar-refractivity contribution is -0.138. The summed E-state index contributed by atoms with van der Waals surface area (Å²) in [5, 5.41) is 5.08. The first-order valence-corrected chi connectivity index (χ1v) is 8.01. The minimum Gasteiger partial charge on any atom is -0.382 e. The number of aromatic nitrogens is 1. The van der Waals surface area contributed by atoms with E-state index >= 15 is 0 Å². The van der Waals surface area contributed by atoms with Crippen molar-refractivity contribution in [2.45, 2.75) is 20.3 Å². The van der Waals surface area contributed by atoms with Crippen molar-refractivity contribution < 1.29 is 19.1 Å². The molecule has 0 fully saturated rings. The Hall–Kier alpha value is -1.51. The van der Waals surface area contributed by atoms with Crippen molar-refractivity contribution in [1.82, 2.24) is 9.88 Å². The van der Waals surface area contributed by atoms with Gasteiger partial charge in [-0.05, 0) is 20.3 Å². The SMILES string of the molecule is CCOCCCN(CC(=O)Nc1nc(C)cs1)C(=O)COC. The smallest absolute Gasteiger partial charge is 0.249 e. The van der Waals surface area contributed by atoms with E-state index in [1.165, 1.54) is 23.3 Å². The Kier molecular flexibility index (Phi) is 8.64. The third-order valence-electron chi connectivity index (χ3n) is 2.74. The molecule has 1 aromatic heterocycles. The topological polar surface area (TPSA) is 80.8 Å². The molecule has 124 valence electrons. The molecular weight excluding hydrogens is 306 g/mol. The van der Waals surface area contributed by atoms with Gasteiger partial charge in [-0.3, -0.25) is 9.59 Å². The van der Waals surface area contributed by atoms with Crippen LogP contribution in [0.3, 0.4) is 0 Å². The number of carbonyl (C=O) groups is 2. The fraction of sp³-hybridized carbons (Fsp3) is 0.643. The van der Waals surface area contributed by atoms with Crippen molar-refractivity contribution in [2.75, 3.05) is 45.3 Å². The van der Waals surface area contributed by atoms with Crippen molar-refractivity contribution in [3.05, 3.63) is 11.1 Å². The Balaban J connectivity index is 2.50. The zero-order valence-corrected chi connectivity index (χ0v) is 14.1. The highest BCUT2D eigenvalue weighted by atomic mass is 32.1. The second-order valence-corrected chi connectivity index (χ2v) is 5.50. The van der Waals surface area contributed by atoms with Crippen LogP contribution >= 0.6 is 11.3 Å². The lowest BCUT2D eigenvalue weighted by Gasteiger charge is -2.21. The highest BCUT2D eigenvalue weighted by molar-refractivity contribution is 7.13. The van der Waals surface area contributed by atoms with Crippen LogP contribution < -0.4 is 5.32 Å². The van der Waals surface area contributed by atoms with Crippen molar-refractivity contribution >= 4 is 28.3 Å². The third kappa shape index (κ3) is 6.97. The number of nitrogens with one attached hydrogen (secondary N) is 1. The van der Waals surface area contributed by atoms with E-state index in [-0.39, 0.29) is 25.0 Å².